The zero-order valence-corrected chi connectivity index (χ0v) is 9.14. The third-order valence-corrected chi connectivity index (χ3v) is 2.85. The number of Topliss-reactive ketones (excluding diaryl/α,β-unsaturated/α-hetero) is 1. The Morgan fingerprint density at radius 3 is 2.36 bits per heavy atom. The van der Waals surface area contributed by atoms with Gasteiger partial charge in [0.2, 0.25) is 0 Å². The van der Waals surface area contributed by atoms with E-state index in [1.807, 2.05) is 0 Å². The molecule has 1 atom stereocenters. The molecule has 0 N–H and O–H groups in total. The lowest BCUT2D eigenvalue weighted by Crippen LogP contribution is -2.14. The van der Waals surface area contributed by atoms with Gasteiger partial charge < -0.3 is 0 Å². The summed E-state index contributed by atoms with van der Waals surface area (Å²) in [5.74, 6) is -1.38. The zero-order valence-electron chi connectivity index (χ0n) is 7.56. The van der Waals surface area contributed by atoms with E-state index in [1.165, 1.54) is 25.1 Å². The van der Waals surface area contributed by atoms with Crippen LogP contribution in [-0.4, -0.2) is 10.6 Å². The van der Waals surface area contributed by atoms with Gasteiger partial charge in [-0.2, -0.15) is 0 Å². The number of benzene rings is 1. The molecular formula is C10H9BrF2O. The minimum absolute atomic E-state index is 0.0356. The van der Waals surface area contributed by atoms with E-state index in [2.05, 4.69) is 15.9 Å². The van der Waals surface area contributed by atoms with Gasteiger partial charge in [-0.05, 0) is 25.5 Å². The monoisotopic (exact) mass is 262 g/mol. The van der Waals surface area contributed by atoms with Gasteiger partial charge in [0.25, 0.3) is 0 Å². The number of carbonyl (C=O) groups is 1. The molecule has 0 amide bonds. The van der Waals surface area contributed by atoms with Crippen molar-refractivity contribution in [1.29, 1.82) is 0 Å². The Balaban J connectivity index is 2.91. The number of carbonyl (C=O) groups excluding carboxylic acids is 1. The summed E-state index contributed by atoms with van der Waals surface area (Å²) in [5, 5.41) is 0. The molecule has 0 aliphatic heterocycles. The van der Waals surface area contributed by atoms with Crippen LogP contribution in [0.5, 0.6) is 0 Å². The van der Waals surface area contributed by atoms with E-state index in [0.29, 0.717) is 0 Å². The van der Waals surface area contributed by atoms with Gasteiger partial charge in [0, 0.05) is 5.56 Å². The summed E-state index contributed by atoms with van der Waals surface area (Å²) < 4.78 is 26.2. The van der Waals surface area contributed by atoms with Crippen LogP contribution in [0.2, 0.25) is 0 Å². The SMILES string of the molecule is CC(=O)C(Br)Cc1c(F)cccc1F. The van der Waals surface area contributed by atoms with Crippen LogP contribution in [-0.2, 0) is 11.2 Å². The summed E-state index contributed by atoms with van der Waals surface area (Å²) in [7, 11) is 0. The van der Waals surface area contributed by atoms with Gasteiger partial charge >= 0.3 is 0 Å². The molecule has 4 heteroatoms. The Bertz CT molecular complexity index is 332. The fourth-order valence-corrected chi connectivity index (χ4v) is 1.37. The summed E-state index contributed by atoms with van der Waals surface area (Å²) in [5.41, 5.74) is -0.0513. The maximum absolute atomic E-state index is 13.1. The highest BCUT2D eigenvalue weighted by Crippen LogP contribution is 2.17. The highest BCUT2D eigenvalue weighted by molar-refractivity contribution is 9.10. The summed E-state index contributed by atoms with van der Waals surface area (Å²) in [6.45, 7) is 1.37. The number of hydrogen-bond donors (Lipinski definition) is 0. The molecule has 0 aromatic heterocycles. The Kier molecular flexibility index (Phi) is 3.75. The van der Waals surface area contributed by atoms with Crippen molar-refractivity contribution in [2.75, 3.05) is 0 Å². The predicted molar refractivity (Wildman–Crippen MR) is 53.5 cm³/mol. The van der Waals surface area contributed by atoms with Crippen molar-refractivity contribution in [2.24, 2.45) is 0 Å². The fraction of sp³-hybridized carbons (Fsp3) is 0.300. The van der Waals surface area contributed by atoms with Crippen LogP contribution in [0, 0.1) is 11.6 Å². The van der Waals surface area contributed by atoms with Crippen molar-refractivity contribution in [3.63, 3.8) is 0 Å². The average Bonchev–Trinajstić information content (AvgIpc) is 2.11. The quantitative estimate of drug-likeness (QED) is 0.766. The maximum Gasteiger partial charge on any atom is 0.143 e. The van der Waals surface area contributed by atoms with Crippen LogP contribution in [0.1, 0.15) is 12.5 Å². The second-order valence-corrected chi connectivity index (χ2v) is 4.09. The number of rotatable bonds is 3. The summed E-state index contributed by atoms with van der Waals surface area (Å²) in [6, 6.07) is 3.65. The number of alkyl halides is 1. The van der Waals surface area contributed by atoms with Crippen LogP contribution in [0.15, 0.2) is 18.2 Å². The second-order valence-electron chi connectivity index (χ2n) is 2.98. The van der Waals surface area contributed by atoms with Crippen molar-refractivity contribution in [2.45, 2.75) is 18.2 Å². The number of ketones is 1. The molecule has 0 spiro atoms. The molecule has 0 bridgehead atoms. The smallest absolute Gasteiger partial charge is 0.143 e. The lowest BCUT2D eigenvalue weighted by atomic mass is 10.1. The Hall–Kier alpha value is -0.770. The van der Waals surface area contributed by atoms with E-state index in [-0.39, 0.29) is 17.8 Å². The average molecular weight is 263 g/mol. The molecule has 1 aromatic carbocycles. The normalized spacial score (nSPS) is 12.6. The van der Waals surface area contributed by atoms with Crippen molar-refractivity contribution >= 4 is 21.7 Å². The molecule has 0 radical (unpaired) electrons. The molecular weight excluding hydrogens is 254 g/mol. The van der Waals surface area contributed by atoms with Gasteiger partial charge in [-0.3, -0.25) is 4.79 Å². The van der Waals surface area contributed by atoms with Crippen LogP contribution >= 0.6 is 15.9 Å². The molecule has 0 aliphatic rings. The topological polar surface area (TPSA) is 17.1 Å². The van der Waals surface area contributed by atoms with Gasteiger partial charge in [0.05, 0.1) is 4.83 Å². The van der Waals surface area contributed by atoms with E-state index < -0.39 is 16.5 Å². The van der Waals surface area contributed by atoms with Crippen LogP contribution in [0.3, 0.4) is 0 Å². The molecule has 14 heavy (non-hydrogen) atoms. The Morgan fingerprint density at radius 2 is 1.93 bits per heavy atom. The first-order chi connectivity index (χ1) is 6.52. The molecule has 0 heterocycles. The molecule has 0 aliphatic carbocycles. The van der Waals surface area contributed by atoms with Gasteiger partial charge in [-0.15, -0.1) is 0 Å². The largest absolute Gasteiger partial charge is 0.299 e. The van der Waals surface area contributed by atoms with E-state index in [1.54, 1.807) is 0 Å². The van der Waals surface area contributed by atoms with Gasteiger partial charge in [0.15, 0.2) is 0 Å². The molecule has 76 valence electrons. The van der Waals surface area contributed by atoms with Gasteiger partial charge in [-0.25, -0.2) is 8.78 Å². The highest BCUT2D eigenvalue weighted by Gasteiger charge is 2.16. The van der Waals surface area contributed by atoms with Crippen LogP contribution in [0.4, 0.5) is 8.78 Å². The minimum Gasteiger partial charge on any atom is -0.299 e. The number of halogens is 3. The van der Waals surface area contributed by atoms with Crippen molar-refractivity contribution < 1.29 is 13.6 Å². The molecule has 0 fully saturated rings. The fourth-order valence-electron chi connectivity index (χ4n) is 1.05. The summed E-state index contributed by atoms with van der Waals surface area (Å²) in [6.07, 6.45) is 0.0356. The lowest BCUT2D eigenvalue weighted by Gasteiger charge is -2.07. The lowest BCUT2D eigenvalue weighted by molar-refractivity contribution is -0.116. The third kappa shape index (κ3) is 2.61. The van der Waals surface area contributed by atoms with E-state index in [0.717, 1.165) is 0 Å². The second kappa shape index (κ2) is 4.64. The Labute approximate surface area is 89.3 Å². The van der Waals surface area contributed by atoms with E-state index in [4.69, 9.17) is 0 Å². The highest BCUT2D eigenvalue weighted by atomic mass is 79.9. The van der Waals surface area contributed by atoms with Gasteiger partial charge in [0.1, 0.15) is 17.4 Å². The molecule has 1 aromatic rings. The number of hydrogen-bond acceptors (Lipinski definition) is 1. The van der Waals surface area contributed by atoms with E-state index >= 15 is 0 Å². The molecule has 1 unspecified atom stereocenters. The Morgan fingerprint density at radius 1 is 1.43 bits per heavy atom. The van der Waals surface area contributed by atoms with Crippen LogP contribution < -0.4 is 0 Å². The standard InChI is InChI=1S/C10H9BrF2O/c1-6(14)8(11)5-7-9(12)3-2-4-10(7)13/h2-4,8H,5H2,1H3. The van der Waals surface area contributed by atoms with Gasteiger partial charge in [-0.1, -0.05) is 22.0 Å². The predicted octanol–water partition coefficient (Wildman–Crippen LogP) is 2.86. The van der Waals surface area contributed by atoms with Crippen molar-refractivity contribution in [1.82, 2.24) is 0 Å². The molecule has 1 rings (SSSR count). The van der Waals surface area contributed by atoms with E-state index in [9.17, 15) is 13.6 Å². The summed E-state index contributed by atoms with van der Waals surface area (Å²) >= 11 is 3.06. The first-order valence-corrected chi connectivity index (χ1v) is 5.01. The molecule has 0 saturated heterocycles. The van der Waals surface area contributed by atoms with Crippen LogP contribution in [0.25, 0.3) is 0 Å². The van der Waals surface area contributed by atoms with Crippen molar-refractivity contribution in [3.05, 3.63) is 35.4 Å². The molecule has 1 nitrogen and oxygen atoms in total. The zero-order chi connectivity index (χ0) is 10.7. The first kappa shape index (κ1) is 11.3. The van der Waals surface area contributed by atoms with Crippen molar-refractivity contribution in [3.8, 4) is 0 Å². The maximum atomic E-state index is 13.1. The summed E-state index contributed by atoms with van der Waals surface area (Å²) in [4.78, 5) is 10.3. The third-order valence-electron chi connectivity index (χ3n) is 1.89. The minimum atomic E-state index is -0.615. The molecule has 0 saturated carbocycles. The first-order valence-electron chi connectivity index (χ1n) is 4.09.